The maximum Gasteiger partial charge on any atom is 0.0705 e. The summed E-state index contributed by atoms with van der Waals surface area (Å²) in [5.41, 5.74) is 6.72. The first-order valence-corrected chi connectivity index (χ1v) is 5.45. The van der Waals surface area contributed by atoms with E-state index in [4.69, 9.17) is 15.0 Å². The van der Waals surface area contributed by atoms with Crippen molar-refractivity contribution >= 4 is 0 Å². The largest absolute Gasteiger partial charge is 0.377 e. The zero-order valence-electron chi connectivity index (χ0n) is 8.71. The molecule has 1 heterocycles. The molecular formula is C10H20N2O2. The quantitative estimate of drug-likeness (QED) is 0.661. The minimum Gasteiger partial charge on any atom is -0.377 e. The van der Waals surface area contributed by atoms with E-state index in [-0.39, 0.29) is 0 Å². The van der Waals surface area contributed by atoms with Gasteiger partial charge in [-0.25, -0.2) is 5.53 Å². The minimum absolute atomic E-state index is 0.378. The van der Waals surface area contributed by atoms with Crippen LogP contribution in [0.1, 0.15) is 32.1 Å². The second-order valence-electron chi connectivity index (χ2n) is 3.65. The Balaban J connectivity index is 0.000000146. The maximum absolute atomic E-state index is 6.72. The van der Waals surface area contributed by atoms with Crippen LogP contribution in [0, 0.1) is 5.53 Å². The van der Waals surface area contributed by atoms with E-state index < -0.39 is 0 Å². The molecule has 1 aliphatic heterocycles. The van der Waals surface area contributed by atoms with Gasteiger partial charge >= 0.3 is 0 Å². The molecule has 2 rings (SSSR count). The number of ether oxygens (including phenoxy) is 2. The zero-order valence-corrected chi connectivity index (χ0v) is 8.71. The lowest BCUT2D eigenvalue weighted by atomic mass is 9.96. The molecule has 0 radical (unpaired) electrons. The SMILES string of the molecule is C1COCCO1.N=NC1CCCCC1. The van der Waals surface area contributed by atoms with Crippen LogP contribution in [-0.4, -0.2) is 32.5 Å². The lowest BCUT2D eigenvalue weighted by Gasteiger charge is -2.14. The fraction of sp³-hybridized carbons (Fsp3) is 1.00. The molecule has 0 unspecified atom stereocenters. The molecule has 0 aromatic carbocycles. The van der Waals surface area contributed by atoms with Crippen LogP contribution in [0.5, 0.6) is 0 Å². The van der Waals surface area contributed by atoms with Crippen LogP contribution < -0.4 is 0 Å². The van der Waals surface area contributed by atoms with Crippen LogP contribution in [0.2, 0.25) is 0 Å². The van der Waals surface area contributed by atoms with E-state index in [1.807, 2.05) is 0 Å². The fourth-order valence-electron chi connectivity index (χ4n) is 1.65. The van der Waals surface area contributed by atoms with E-state index in [2.05, 4.69) is 5.11 Å². The Morgan fingerprint density at radius 3 is 1.64 bits per heavy atom. The van der Waals surface area contributed by atoms with Crippen molar-refractivity contribution in [2.45, 2.75) is 38.1 Å². The summed E-state index contributed by atoms with van der Waals surface area (Å²) in [4.78, 5) is 0. The molecule has 1 aliphatic carbocycles. The molecule has 0 atom stereocenters. The first-order valence-electron chi connectivity index (χ1n) is 5.45. The Hall–Kier alpha value is -0.480. The first-order chi connectivity index (χ1) is 6.93. The van der Waals surface area contributed by atoms with Crippen LogP contribution in [0.3, 0.4) is 0 Å². The molecule has 0 bridgehead atoms. The van der Waals surface area contributed by atoms with Crippen molar-refractivity contribution in [3.63, 3.8) is 0 Å². The molecule has 0 aromatic heterocycles. The molecule has 1 saturated carbocycles. The summed E-state index contributed by atoms with van der Waals surface area (Å²) in [5, 5.41) is 3.50. The summed E-state index contributed by atoms with van der Waals surface area (Å²) in [6, 6.07) is 0.378. The third-order valence-corrected chi connectivity index (χ3v) is 2.50. The summed E-state index contributed by atoms with van der Waals surface area (Å²) < 4.78 is 9.89. The summed E-state index contributed by atoms with van der Waals surface area (Å²) in [6.45, 7) is 3.11. The molecular weight excluding hydrogens is 180 g/mol. The highest BCUT2D eigenvalue weighted by Gasteiger charge is 2.10. The van der Waals surface area contributed by atoms with E-state index in [1.165, 1.54) is 19.3 Å². The van der Waals surface area contributed by atoms with Gasteiger partial charge in [0.2, 0.25) is 0 Å². The fourth-order valence-corrected chi connectivity index (χ4v) is 1.65. The Kier molecular flexibility index (Phi) is 6.53. The Morgan fingerprint density at radius 2 is 1.36 bits per heavy atom. The van der Waals surface area contributed by atoms with Crippen LogP contribution in [0.25, 0.3) is 0 Å². The van der Waals surface area contributed by atoms with Gasteiger partial charge in [0.1, 0.15) is 0 Å². The Morgan fingerprint density at radius 1 is 0.857 bits per heavy atom. The molecule has 0 spiro atoms. The monoisotopic (exact) mass is 200 g/mol. The highest BCUT2D eigenvalue weighted by molar-refractivity contribution is 4.68. The number of nitrogens with one attached hydrogen (secondary N) is 1. The van der Waals surface area contributed by atoms with E-state index in [0.29, 0.717) is 6.04 Å². The molecule has 1 saturated heterocycles. The summed E-state index contributed by atoms with van der Waals surface area (Å²) in [6.07, 6.45) is 6.24. The normalized spacial score (nSPS) is 23.4. The van der Waals surface area contributed by atoms with Gasteiger partial charge in [-0.1, -0.05) is 19.3 Å². The van der Waals surface area contributed by atoms with Crippen LogP contribution in [-0.2, 0) is 9.47 Å². The van der Waals surface area contributed by atoms with E-state index in [0.717, 1.165) is 39.3 Å². The van der Waals surface area contributed by atoms with Gasteiger partial charge in [-0.05, 0) is 12.8 Å². The van der Waals surface area contributed by atoms with Gasteiger partial charge in [0, 0.05) is 0 Å². The number of hydrogen-bond acceptors (Lipinski definition) is 4. The van der Waals surface area contributed by atoms with Crippen molar-refractivity contribution in [1.82, 2.24) is 0 Å². The van der Waals surface area contributed by atoms with Gasteiger partial charge in [0.05, 0.1) is 32.5 Å². The summed E-state index contributed by atoms with van der Waals surface area (Å²) in [7, 11) is 0. The van der Waals surface area contributed by atoms with Gasteiger partial charge in [0.15, 0.2) is 0 Å². The van der Waals surface area contributed by atoms with Crippen molar-refractivity contribution in [2.75, 3.05) is 26.4 Å². The van der Waals surface area contributed by atoms with Crippen molar-refractivity contribution in [1.29, 1.82) is 5.53 Å². The zero-order chi connectivity index (χ0) is 10.1. The number of nitrogens with zero attached hydrogens (tertiary/aromatic N) is 1. The lowest BCUT2D eigenvalue weighted by Crippen LogP contribution is -2.16. The van der Waals surface area contributed by atoms with Gasteiger partial charge in [0.25, 0.3) is 0 Å². The lowest BCUT2D eigenvalue weighted by molar-refractivity contribution is -0.0334. The molecule has 0 amide bonds. The van der Waals surface area contributed by atoms with Gasteiger partial charge in [-0.15, -0.1) is 0 Å². The maximum atomic E-state index is 6.72. The highest BCUT2D eigenvalue weighted by atomic mass is 16.6. The third-order valence-electron chi connectivity index (χ3n) is 2.50. The van der Waals surface area contributed by atoms with Crippen molar-refractivity contribution in [3.05, 3.63) is 0 Å². The van der Waals surface area contributed by atoms with Gasteiger partial charge < -0.3 is 9.47 Å². The minimum atomic E-state index is 0.378. The molecule has 0 aromatic rings. The molecule has 14 heavy (non-hydrogen) atoms. The van der Waals surface area contributed by atoms with Crippen molar-refractivity contribution < 1.29 is 9.47 Å². The van der Waals surface area contributed by atoms with E-state index >= 15 is 0 Å². The summed E-state index contributed by atoms with van der Waals surface area (Å²) >= 11 is 0. The van der Waals surface area contributed by atoms with E-state index in [1.54, 1.807) is 0 Å². The average Bonchev–Trinajstić information content (AvgIpc) is 2.33. The predicted octanol–water partition coefficient (Wildman–Crippen LogP) is 2.38. The molecule has 1 N–H and O–H groups in total. The highest BCUT2D eigenvalue weighted by Crippen LogP contribution is 2.19. The van der Waals surface area contributed by atoms with Crippen LogP contribution in [0.4, 0.5) is 0 Å². The first kappa shape index (κ1) is 11.6. The Labute approximate surface area is 85.5 Å². The van der Waals surface area contributed by atoms with Crippen LogP contribution in [0.15, 0.2) is 5.11 Å². The standard InChI is InChI=1S/C6H12N2.C4H8O2/c7-8-6-4-2-1-3-5-6;1-2-6-4-3-5-1/h6-7H,1-5H2;1-4H2. The van der Waals surface area contributed by atoms with Crippen molar-refractivity contribution in [3.8, 4) is 0 Å². The predicted molar refractivity (Wildman–Crippen MR) is 53.7 cm³/mol. The molecule has 82 valence electrons. The average molecular weight is 200 g/mol. The number of hydrogen-bond donors (Lipinski definition) is 1. The molecule has 2 aliphatic rings. The molecule has 2 fully saturated rings. The van der Waals surface area contributed by atoms with Gasteiger partial charge in [-0.2, -0.15) is 5.11 Å². The van der Waals surface area contributed by atoms with Crippen LogP contribution >= 0.6 is 0 Å². The summed E-state index contributed by atoms with van der Waals surface area (Å²) in [5.74, 6) is 0. The van der Waals surface area contributed by atoms with E-state index in [9.17, 15) is 0 Å². The Bertz CT molecular complexity index is 132. The molecule has 4 nitrogen and oxygen atoms in total. The smallest absolute Gasteiger partial charge is 0.0705 e. The second-order valence-corrected chi connectivity index (χ2v) is 3.65. The topological polar surface area (TPSA) is 54.7 Å². The number of rotatable bonds is 1. The molecule has 4 heteroatoms. The second kappa shape index (κ2) is 7.88. The van der Waals surface area contributed by atoms with Gasteiger partial charge in [-0.3, -0.25) is 0 Å². The third kappa shape index (κ3) is 5.29. The van der Waals surface area contributed by atoms with Crippen molar-refractivity contribution in [2.24, 2.45) is 5.11 Å².